The van der Waals surface area contributed by atoms with E-state index in [1.807, 2.05) is 36.9 Å². The molecule has 3 atom stereocenters. The Morgan fingerprint density at radius 1 is 1.02 bits per heavy atom. The molecule has 2 aromatic rings. The Hall–Kier alpha value is -3.22. The molecule has 3 unspecified atom stereocenters. The Morgan fingerprint density at radius 3 is 2.50 bits per heavy atom. The predicted octanol–water partition coefficient (Wildman–Crippen LogP) is 6.91. The van der Waals surface area contributed by atoms with E-state index in [-0.39, 0.29) is 23.9 Å². The average molecular weight is 548 g/mol. The van der Waals surface area contributed by atoms with Crippen molar-refractivity contribution in [2.24, 2.45) is 5.92 Å². The molecule has 2 aromatic carbocycles. The number of nitrogens with one attached hydrogen (secondary N) is 1. The number of ether oxygens (including phenoxy) is 2. The van der Waals surface area contributed by atoms with Crippen molar-refractivity contribution in [2.75, 3.05) is 18.0 Å². The lowest BCUT2D eigenvalue weighted by Crippen LogP contribution is -2.48. The second-order valence-corrected chi connectivity index (χ2v) is 11.8. The topological polar surface area (TPSA) is 71.1 Å². The minimum Gasteiger partial charge on any atom is -0.480 e. The van der Waals surface area contributed by atoms with E-state index in [0.717, 1.165) is 69.3 Å². The molecular weight excluding hydrogens is 502 g/mol. The maximum absolute atomic E-state index is 14.5. The third-order valence-electron chi connectivity index (χ3n) is 8.82. The maximum Gasteiger partial charge on any atom is 0.409 e. The molecule has 2 aliphatic carbocycles. The van der Waals surface area contributed by atoms with Crippen molar-refractivity contribution in [1.82, 2.24) is 10.2 Å². The minimum atomic E-state index is -0.892. The highest BCUT2D eigenvalue weighted by molar-refractivity contribution is 5.84. The van der Waals surface area contributed by atoms with Crippen molar-refractivity contribution in [3.63, 3.8) is 0 Å². The van der Waals surface area contributed by atoms with Gasteiger partial charge in [-0.05, 0) is 75.1 Å². The Labute approximate surface area is 239 Å². The van der Waals surface area contributed by atoms with Crippen LogP contribution >= 0.6 is 0 Å². The fourth-order valence-corrected chi connectivity index (χ4v) is 6.64. The van der Waals surface area contributed by atoms with Crippen LogP contribution in [0.4, 0.5) is 10.5 Å². The van der Waals surface area contributed by atoms with Crippen molar-refractivity contribution in [2.45, 2.75) is 103 Å². The number of carbonyl (C=O) groups is 2. The van der Waals surface area contributed by atoms with Gasteiger partial charge in [-0.2, -0.15) is 0 Å². The smallest absolute Gasteiger partial charge is 0.409 e. The monoisotopic (exact) mass is 547 g/mol. The summed E-state index contributed by atoms with van der Waals surface area (Å²) in [6, 6.07) is 14.3. The molecule has 40 heavy (non-hydrogen) atoms. The molecular formula is C33H45N3O4. The normalized spacial score (nSPS) is 23.1. The molecule has 216 valence electrons. The molecule has 7 heteroatoms. The minimum absolute atomic E-state index is 0.0615. The molecule has 5 rings (SSSR count). The molecule has 0 aromatic heterocycles. The summed E-state index contributed by atoms with van der Waals surface area (Å²) in [4.78, 5) is 32.0. The summed E-state index contributed by atoms with van der Waals surface area (Å²) in [5, 5.41) is 3.11. The van der Waals surface area contributed by atoms with Gasteiger partial charge in [0.25, 0.3) is 5.91 Å². The van der Waals surface area contributed by atoms with Crippen LogP contribution in [0, 0.1) is 5.92 Å². The van der Waals surface area contributed by atoms with Crippen molar-refractivity contribution in [3.05, 3.63) is 59.2 Å². The molecule has 1 saturated carbocycles. The van der Waals surface area contributed by atoms with Crippen LogP contribution < -0.4 is 15.0 Å². The van der Waals surface area contributed by atoms with Crippen LogP contribution in [0.25, 0.3) is 0 Å². The lowest BCUT2D eigenvalue weighted by Gasteiger charge is -2.40. The first kappa shape index (κ1) is 28.3. The molecule has 2 amide bonds. The number of nitrogens with zero attached hydrogens (tertiary/aromatic N) is 2. The van der Waals surface area contributed by atoms with Gasteiger partial charge >= 0.3 is 6.09 Å². The van der Waals surface area contributed by atoms with Crippen LogP contribution in [-0.4, -0.2) is 42.1 Å². The number of rotatable bonds is 7. The van der Waals surface area contributed by atoms with Crippen molar-refractivity contribution >= 4 is 17.7 Å². The van der Waals surface area contributed by atoms with Crippen LogP contribution in [0.2, 0.25) is 0 Å². The van der Waals surface area contributed by atoms with Gasteiger partial charge < -0.3 is 19.7 Å². The number of alkyl carbamates (subject to hydrolysis) is 1. The molecule has 0 saturated heterocycles. The van der Waals surface area contributed by atoms with Crippen molar-refractivity contribution < 1.29 is 19.1 Å². The molecule has 1 heterocycles. The number of carbonyl (C=O) groups excluding carboxylic acids is 2. The molecule has 1 N–H and O–H groups in total. The highest BCUT2D eigenvalue weighted by Gasteiger charge is 2.45. The first-order chi connectivity index (χ1) is 19.4. The number of hydrogen-bond acceptors (Lipinski definition) is 5. The van der Waals surface area contributed by atoms with E-state index in [1.54, 1.807) is 0 Å². The van der Waals surface area contributed by atoms with E-state index in [1.165, 1.54) is 12.0 Å². The standard InChI is InChI=1S/C33H45N3O4/c1-5-35(6-2)25-19-20-27-29(21-25)39-30(22(3)4)31(37)36(28-18-12-14-23-13-10-11-17-26(23)28)32(27)40-33(38)34-24-15-8-7-9-16-24/h10-11,13,17,19-22,24,28,30,32H,5-9,12,14-16,18H2,1-4H3,(H,34,38). The third-order valence-corrected chi connectivity index (χ3v) is 8.82. The van der Waals surface area contributed by atoms with E-state index in [9.17, 15) is 9.59 Å². The fraction of sp³-hybridized carbons (Fsp3) is 0.576. The summed E-state index contributed by atoms with van der Waals surface area (Å²) < 4.78 is 12.8. The first-order valence-electron chi connectivity index (χ1n) is 15.3. The summed E-state index contributed by atoms with van der Waals surface area (Å²) in [5.74, 6) is 0.417. The quantitative estimate of drug-likeness (QED) is 0.408. The number of anilines is 1. The van der Waals surface area contributed by atoms with Crippen LogP contribution in [0.1, 0.15) is 102 Å². The zero-order valence-electron chi connectivity index (χ0n) is 24.5. The van der Waals surface area contributed by atoms with Gasteiger partial charge in [0.05, 0.1) is 11.6 Å². The number of fused-ring (bicyclic) bond motifs is 2. The lowest BCUT2D eigenvalue weighted by molar-refractivity contribution is -0.154. The zero-order chi connectivity index (χ0) is 28.2. The van der Waals surface area contributed by atoms with Gasteiger partial charge in [0.15, 0.2) is 6.10 Å². The molecule has 1 aliphatic heterocycles. The number of benzene rings is 2. The summed E-state index contributed by atoms with van der Waals surface area (Å²) in [5.41, 5.74) is 4.13. The van der Waals surface area contributed by atoms with Gasteiger partial charge in [0.1, 0.15) is 5.75 Å². The highest BCUT2D eigenvalue weighted by atomic mass is 16.6. The molecule has 0 spiro atoms. The largest absolute Gasteiger partial charge is 0.480 e. The van der Waals surface area contributed by atoms with Gasteiger partial charge in [-0.25, -0.2) is 4.79 Å². The van der Waals surface area contributed by atoms with Crippen LogP contribution in [-0.2, 0) is 16.0 Å². The van der Waals surface area contributed by atoms with Gasteiger partial charge in [0.2, 0.25) is 6.23 Å². The predicted molar refractivity (Wildman–Crippen MR) is 157 cm³/mol. The average Bonchev–Trinajstić information content (AvgIpc) is 3.08. The second kappa shape index (κ2) is 12.5. The van der Waals surface area contributed by atoms with E-state index in [2.05, 4.69) is 48.3 Å². The highest BCUT2D eigenvalue weighted by Crippen LogP contribution is 2.45. The summed E-state index contributed by atoms with van der Waals surface area (Å²) >= 11 is 0. The Morgan fingerprint density at radius 2 is 1.77 bits per heavy atom. The van der Waals surface area contributed by atoms with Crippen LogP contribution in [0.15, 0.2) is 42.5 Å². The third kappa shape index (κ3) is 5.79. The number of amides is 2. The first-order valence-corrected chi connectivity index (χ1v) is 15.3. The fourth-order valence-electron chi connectivity index (χ4n) is 6.64. The SMILES string of the molecule is CCN(CC)c1ccc2c(c1)OC(C(C)C)C(=O)N(C1CCCc3ccccc31)C2OC(=O)NC1CCCCC1. The summed E-state index contributed by atoms with van der Waals surface area (Å²) in [6.45, 7) is 9.99. The van der Waals surface area contributed by atoms with E-state index in [0.29, 0.717) is 11.3 Å². The van der Waals surface area contributed by atoms with Gasteiger partial charge in [-0.15, -0.1) is 0 Å². The Kier molecular flexibility index (Phi) is 8.87. The molecule has 0 bridgehead atoms. The van der Waals surface area contributed by atoms with E-state index < -0.39 is 18.4 Å². The van der Waals surface area contributed by atoms with Crippen molar-refractivity contribution in [1.29, 1.82) is 0 Å². The van der Waals surface area contributed by atoms with Gasteiger partial charge in [-0.1, -0.05) is 57.4 Å². The van der Waals surface area contributed by atoms with E-state index in [4.69, 9.17) is 9.47 Å². The summed E-state index contributed by atoms with van der Waals surface area (Å²) in [7, 11) is 0. The maximum atomic E-state index is 14.5. The van der Waals surface area contributed by atoms with Gasteiger partial charge in [0, 0.05) is 30.9 Å². The molecule has 7 nitrogen and oxygen atoms in total. The molecule has 1 fully saturated rings. The summed E-state index contributed by atoms with van der Waals surface area (Å²) in [6.07, 6.45) is 6.05. The lowest BCUT2D eigenvalue weighted by atomic mass is 9.86. The van der Waals surface area contributed by atoms with Crippen molar-refractivity contribution in [3.8, 4) is 5.75 Å². The van der Waals surface area contributed by atoms with Crippen LogP contribution in [0.5, 0.6) is 5.75 Å². The second-order valence-electron chi connectivity index (χ2n) is 11.8. The number of aryl methyl sites for hydroxylation is 1. The van der Waals surface area contributed by atoms with Gasteiger partial charge in [-0.3, -0.25) is 9.69 Å². The molecule has 3 aliphatic rings. The Balaban J connectivity index is 1.59. The Bertz CT molecular complexity index is 1190. The van der Waals surface area contributed by atoms with Crippen LogP contribution in [0.3, 0.4) is 0 Å². The zero-order valence-corrected chi connectivity index (χ0v) is 24.5. The van der Waals surface area contributed by atoms with E-state index >= 15 is 0 Å². The number of hydrogen-bond donors (Lipinski definition) is 1. The molecule has 0 radical (unpaired) electrons.